The van der Waals surface area contributed by atoms with Crippen LogP contribution in [0.3, 0.4) is 0 Å². The van der Waals surface area contributed by atoms with Crippen LogP contribution < -0.4 is 9.47 Å². The molecule has 2 aromatic rings. The van der Waals surface area contributed by atoms with Crippen molar-refractivity contribution in [3.8, 4) is 23.0 Å². The molecule has 312 valence electrons. The Kier molecular flexibility index (Phi) is 7.70. The average Bonchev–Trinajstić information content (AvgIpc) is 3.82. The number of phenolic OH excluding ortho intramolecular Hbond substituents is 2. The van der Waals surface area contributed by atoms with Gasteiger partial charge in [0.05, 0.1) is 16.6 Å². The summed E-state index contributed by atoms with van der Waals surface area (Å²) >= 11 is 0. The number of likely N-dealkylation sites (tertiary alicyclic amines) is 2. The summed E-state index contributed by atoms with van der Waals surface area (Å²) in [5.41, 5.74) is 1.04. The van der Waals surface area contributed by atoms with Crippen molar-refractivity contribution in [1.82, 2.24) is 9.80 Å². The van der Waals surface area contributed by atoms with Crippen LogP contribution in [0.5, 0.6) is 23.0 Å². The first-order chi connectivity index (χ1) is 27.5. The lowest BCUT2D eigenvalue weighted by atomic mass is 9.33. The summed E-state index contributed by atoms with van der Waals surface area (Å²) in [4.78, 5) is 17.7. The lowest BCUT2D eigenvalue weighted by Gasteiger charge is -2.75. The maximum atomic E-state index is 12.6. The molecule has 2 aromatic carbocycles. The minimum atomic E-state index is -1.00. The fourth-order valence-corrected chi connectivity index (χ4v) is 15.4. The van der Waals surface area contributed by atoms with Crippen LogP contribution >= 0.6 is 0 Å². The van der Waals surface area contributed by atoms with Gasteiger partial charge >= 0.3 is 0 Å². The number of hydrogen-bond acceptors (Lipinski definition) is 10. The third-order valence-corrected chi connectivity index (χ3v) is 18.6. The zero-order valence-electron chi connectivity index (χ0n) is 35.0. The summed E-state index contributed by atoms with van der Waals surface area (Å²) < 4.78 is 19.4. The molecule has 4 heterocycles. The van der Waals surface area contributed by atoms with Crippen LogP contribution in [0.2, 0.25) is 0 Å². The number of aliphatic hydroxyl groups is 2. The first-order valence-electron chi connectivity index (χ1n) is 22.2. The fourth-order valence-electron chi connectivity index (χ4n) is 15.4. The average molecular weight is 795 g/mol. The van der Waals surface area contributed by atoms with Crippen LogP contribution in [0.15, 0.2) is 36.9 Å². The summed E-state index contributed by atoms with van der Waals surface area (Å²) in [7, 11) is 1.83. The van der Waals surface area contributed by atoms with E-state index in [0.717, 1.165) is 68.8 Å². The molecule has 6 bridgehead atoms. The fraction of sp³-hybridized carbons (Fsp3) is 0.688. The van der Waals surface area contributed by atoms with Crippen molar-refractivity contribution in [1.29, 1.82) is 0 Å². The monoisotopic (exact) mass is 794 g/mol. The van der Waals surface area contributed by atoms with Crippen molar-refractivity contribution >= 4 is 5.78 Å². The molecule has 7 aliphatic carbocycles. The van der Waals surface area contributed by atoms with Crippen molar-refractivity contribution < 1.29 is 39.4 Å². The Morgan fingerprint density at radius 1 is 0.879 bits per heavy atom. The van der Waals surface area contributed by atoms with E-state index in [0.29, 0.717) is 43.2 Å². The lowest BCUT2D eigenvalue weighted by molar-refractivity contribution is -0.312. The summed E-state index contributed by atoms with van der Waals surface area (Å²) in [6.07, 6.45) is 11.0. The molecule has 11 atom stereocenters. The van der Waals surface area contributed by atoms with Gasteiger partial charge in [0.15, 0.2) is 34.9 Å². The number of hydrogen-bond donors (Lipinski definition) is 4. The largest absolute Gasteiger partial charge is 0.504 e. The van der Waals surface area contributed by atoms with Crippen LogP contribution in [0.1, 0.15) is 108 Å². The van der Waals surface area contributed by atoms with E-state index in [1.165, 1.54) is 30.5 Å². The smallest absolute Gasteiger partial charge is 0.174 e. The van der Waals surface area contributed by atoms with E-state index in [1.54, 1.807) is 6.07 Å². The molecule has 13 rings (SSSR count). The summed E-state index contributed by atoms with van der Waals surface area (Å²) in [6.45, 7) is 16.2. The van der Waals surface area contributed by atoms with E-state index in [4.69, 9.17) is 14.2 Å². The molecule has 2 saturated heterocycles. The van der Waals surface area contributed by atoms with Gasteiger partial charge < -0.3 is 34.6 Å². The van der Waals surface area contributed by atoms with Gasteiger partial charge in [-0.3, -0.25) is 14.6 Å². The highest BCUT2D eigenvalue weighted by atomic mass is 16.6. The molecule has 3 spiro atoms. The number of aromatic hydroxyl groups is 2. The van der Waals surface area contributed by atoms with Crippen LogP contribution in [0, 0.1) is 22.7 Å². The first-order valence-corrected chi connectivity index (χ1v) is 22.2. The maximum Gasteiger partial charge on any atom is 0.174 e. The van der Waals surface area contributed by atoms with Crippen molar-refractivity contribution in [3.63, 3.8) is 0 Å². The topological polar surface area (TPSA) is 132 Å². The standard InChI is InChI=1S/C29H41NO4.C19H21NO4/c1-25(2,3)26(4,32)20-15-27-10-11-29(20,33-5)24-28(27)12-13-30(16-17-6-7-17)21(27)14-18-8-9-19(31)23(34-24)22(18)28;1-2-8-20-9-7-18-15-11-3-4-12(21)16(15)24-17(18)13(22)5-6-19(18,23)14(20)10-11/h8-9,17,20-21,24,31-32H,6-7,10-16H2,1-5H3;2-4,14,17,21,23H,1,5-10H2. The number of methoxy groups -OCH3 is 1. The second-order valence-corrected chi connectivity index (χ2v) is 21.4. The Bertz CT molecular complexity index is 2130. The number of nitrogens with zero attached hydrogens (tertiary/aromatic N) is 2. The second-order valence-electron chi connectivity index (χ2n) is 21.4. The number of benzene rings is 2. The van der Waals surface area contributed by atoms with E-state index in [2.05, 4.69) is 43.2 Å². The van der Waals surface area contributed by atoms with Crippen LogP contribution in [-0.2, 0) is 33.2 Å². The van der Waals surface area contributed by atoms with Gasteiger partial charge in [-0.15, -0.1) is 6.58 Å². The second kappa shape index (κ2) is 11.8. The minimum Gasteiger partial charge on any atom is -0.504 e. The van der Waals surface area contributed by atoms with Gasteiger partial charge in [0, 0.05) is 73.1 Å². The number of piperidine rings is 2. The number of phenols is 2. The van der Waals surface area contributed by atoms with Crippen molar-refractivity contribution in [3.05, 3.63) is 59.2 Å². The number of Topliss-reactive ketones (excluding diaryl/α,β-unsaturated/α-hetero) is 1. The molecule has 58 heavy (non-hydrogen) atoms. The quantitative estimate of drug-likeness (QED) is 0.270. The number of carbonyl (C=O) groups excluding carboxylic acids is 1. The van der Waals surface area contributed by atoms with Gasteiger partial charge in [-0.05, 0) is 112 Å². The van der Waals surface area contributed by atoms with Gasteiger partial charge in [-0.2, -0.15) is 0 Å². The van der Waals surface area contributed by atoms with Crippen molar-refractivity contribution in [2.45, 2.75) is 150 Å². The predicted molar refractivity (Wildman–Crippen MR) is 217 cm³/mol. The Morgan fingerprint density at radius 3 is 2.17 bits per heavy atom. The van der Waals surface area contributed by atoms with E-state index >= 15 is 0 Å². The molecule has 4 aliphatic heterocycles. The van der Waals surface area contributed by atoms with Gasteiger partial charge in [-0.1, -0.05) is 39.0 Å². The Labute approximate surface area is 342 Å². The summed E-state index contributed by atoms with van der Waals surface area (Å²) in [5.74, 6) is 2.33. The number of carbonyl (C=O) groups is 1. The highest BCUT2D eigenvalue weighted by Crippen LogP contribution is 2.78. The normalized spacial score (nSPS) is 42.0. The summed E-state index contributed by atoms with van der Waals surface area (Å²) in [6, 6.07) is 7.98. The van der Waals surface area contributed by atoms with Gasteiger partial charge in [-0.25, -0.2) is 0 Å². The summed E-state index contributed by atoms with van der Waals surface area (Å²) in [5, 5.41) is 45.3. The first kappa shape index (κ1) is 37.8. The van der Waals surface area contributed by atoms with E-state index in [1.807, 2.05) is 32.2 Å². The Balaban J connectivity index is 0.000000141. The number of fused-ring (bicyclic) bond motifs is 2. The molecular weight excluding hydrogens is 733 g/mol. The van der Waals surface area contributed by atoms with Gasteiger partial charge in [0.25, 0.3) is 0 Å². The molecule has 11 aliphatic rings. The highest BCUT2D eigenvalue weighted by Gasteiger charge is 2.82. The van der Waals surface area contributed by atoms with Crippen molar-refractivity contribution in [2.24, 2.45) is 22.7 Å². The van der Waals surface area contributed by atoms with E-state index in [9.17, 15) is 25.2 Å². The molecule has 0 aromatic heterocycles. The van der Waals surface area contributed by atoms with Crippen molar-refractivity contribution in [2.75, 3.05) is 33.3 Å². The molecular formula is C48H62N2O8. The Hall–Kier alpha value is -3.15. The zero-order chi connectivity index (χ0) is 40.6. The third-order valence-electron chi connectivity index (χ3n) is 18.6. The molecule has 10 heteroatoms. The number of ketones is 1. The van der Waals surface area contributed by atoms with Gasteiger partial charge in [0.1, 0.15) is 11.7 Å². The van der Waals surface area contributed by atoms with E-state index in [-0.39, 0.29) is 51.6 Å². The lowest BCUT2D eigenvalue weighted by Crippen LogP contribution is -2.83. The molecule has 7 fully saturated rings. The molecule has 11 unspecified atom stereocenters. The third kappa shape index (κ3) is 4.25. The van der Waals surface area contributed by atoms with Gasteiger partial charge in [0.2, 0.25) is 0 Å². The predicted octanol–water partition coefficient (Wildman–Crippen LogP) is 5.72. The highest BCUT2D eigenvalue weighted by molar-refractivity contribution is 5.90. The van der Waals surface area contributed by atoms with Crippen LogP contribution in [0.4, 0.5) is 0 Å². The molecule has 4 N–H and O–H groups in total. The molecule has 0 radical (unpaired) electrons. The zero-order valence-corrected chi connectivity index (χ0v) is 35.0. The SMILES string of the molecule is C=CCN1CCC23c4c5ccc(O)c4OC2C(=O)CCC3(O)C1C5.COC12CCC3(CC1C(C)(O)C(C)(C)C)C1Cc4ccc(O)c5c4C3(CCN1CC1CC1)C2O5. The minimum absolute atomic E-state index is 0.0294. The maximum absolute atomic E-state index is 12.6. The molecule has 5 saturated carbocycles. The van der Waals surface area contributed by atoms with Crippen LogP contribution in [-0.4, -0.2) is 110 Å². The number of rotatable bonds is 6. The Morgan fingerprint density at radius 2 is 1.52 bits per heavy atom. The van der Waals surface area contributed by atoms with E-state index < -0.39 is 28.3 Å². The molecule has 10 nitrogen and oxygen atoms in total. The van der Waals surface area contributed by atoms with Crippen LogP contribution in [0.25, 0.3) is 0 Å². The number of ether oxygens (including phenoxy) is 3. The molecule has 0 amide bonds.